The molecule has 8 atom stereocenters. The van der Waals surface area contributed by atoms with E-state index in [1.165, 1.54) is 11.8 Å². The lowest BCUT2D eigenvalue weighted by molar-refractivity contribution is -0.223. The monoisotopic (exact) mass is 559 g/mol. The molecule has 1 saturated heterocycles. The SMILES string of the molecule is CC1(C)O[C@@H]2CC3C4CCC5=CC(=O)C=CC5(C)C4[C@@H](O)CC3(C)[C@]2(C(=O)CSc2nccc3ccccc23)O1. The summed E-state index contributed by atoms with van der Waals surface area (Å²) >= 11 is 1.46. The Bertz CT molecular complexity index is 1480. The summed E-state index contributed by atoms with van der Waals surface area (Å²) in [5.74, 6) is -0.267. The molecule has 1 aromatic carbocycles. The molecular weight excluding hydrogens is 522 g/mol. The second kappa shape index (κ2) is 8.84. The summed E-state index contributed by atoms with van der Waals surface area (Å²) in [5.41, 5.74) is -0.953. The number of hydrogen-bond acceptors (Lipinski definition) is 7. The standard InChI is InChI=1S/C33H37NO5S/c1-30(2)38-27-16-24-23-10-9-20-15-21(35)11-13-31(20,3)28(23)25(36)17-32(24,4)33(27,39-30)26(37)18-40-29-22-8-6-5-7-19(22)12-14-34-29/h5-8,11-15,23-25,27-28,36H,9-10,16-18H2,1-4H3/t23?,24?,25-,27+,28?,31?,32?,33+/m0/s1. The Balaban J connectivity index is 1.24. The molecule has 0 spiro atoms. The predicted molar refractivity (Wildman–Crippen MR) is 154 cm³/mol. The molecule has 7 rings (SSSR count). The number of carbonyl (C=O) groups is 2. The zero-order chi connectivity index (χ0) is 28.1. The van der Waals surface area contributed by atoms with Crippen LogP contribution in [0.2, 0.25) is 0 Å². The van der Waals surface area contributed by atoms with E-state index in [0.717, 1.165) is 40.6 Å². The highest BCUT2D eigenvalue weighted by Crippen LogP contribution is 2.70. The summed E-state index contributed by atoms with van der Waals surface area (Å²) in [4.78, 5) is 31.3. The number of pyridine rings is 1. The fourth-order valence-corrected chi connectivity index (χ4v) is 10.3. The lowest BCUT2D eigenvalue weighted by Crippen LogP contribution is -2.63. The first-order chi connectivity index (χ1) is 19.0. The minimum atomic E-state index is -1.14. The molecule has 4 aliphatic carbocycles. The second-order valence-electron chi connectivity index (χ2n) is 13.3. The molecule has 2 aromatic rings. The maximum Gasteiger partial charge on any atom is 0.178 e. The fourth-order valence-electron chi connectivity index (χ4n) is 9.37. The van der Waals surface area contributed by atoms with E-state index in [1.54, 1.807) is 18.3 Å². The van der Waals surface area contributed by atoms with Crippen molar-refractivity contribution in [2.45, 2.75) is 82.0 Å². The number of nitrogens with zero attached hydrogens (tertiary/aromatic N) is 1. The van der Waals surface area contributed by atoms with Gasteiger partial charge in [0.05, 0.1) is 18.0 Å². The zero-order valence-electron chi connectivity index (χ0n) is 23.6. The van der Waals surface area contributed by atoms with Gasteiger partial charge in [-0.25, -0.2) is 4.98 Å². The van der Waals surface area contributed by atoms with E-state index in [9.17, 15) is 14.7 Å². The molecule has 1 N–H and O–H groups in total. The summed E-state index contributed by atoms with van der Waals surface area (Å²) in [5, 5.41) is 14.9. The number of aliphatic hydroxyl groups is 1. The largest absolute Gasteiger partial charge is 0.393 e. The third-order valence-electron chi connectivity index (χ3n) is 10.9. The van der Waals surface area contributed by atoms with Gasteiger partial charge in [0.2, 0.25) is 0 Å². The van der Waals surface area contributed by atoms with E-state index in [-0.39, 0.29) is 46.6 Å². The number of aliphatic hydroxyl groups excluding tert-OH is 1. The van der Waals surface area contributed by atoms with Crippen LogP contribution < -0.4 is 0 Å². The molecule has 7 heteroatoms. The summed E-state index contributed by atoms with van der Waals surface area (Å²) in [7, 11) is 0. The van der Waals surface area contributed by atoms with Crippen molar-refractivity contribution in [1.82, 2.24) is 4.98 Å². The topological polar surface area (TPSA) is 85.7 Å². The molecule has 1 aromatic heterocycles. The smallest absolute Gasteiger partial charge is 0.178 e. The fraction of sp³-hybridized carbons (Fsp3) is 0.545. The molecular formula is C33H37NO5S. The summed E-state index contributed by atoms with van der Waals surface area (Å²) in [6, 6.07) is 10.1. The van der Waals surface area contributed by atoms with Crippen molar-refractivity contribution in [2.24, 2.45) is 28.6 Å². The van der Waals surface area contributed by atoms with Crippen LogP contribution in [-0.2, 0) is 19.1 Å². The molecule has 5 aliphatic rings. The van der Waals surface area contributed by atoms with Gasteiger partial charge in [0.1, 0.15) is 5.03 Å². The van der Waals surface area contributed by atoms with Crippen molar-refractivity contribution in [2.75, 3.05) is 5.75 Å². The van der Waals surface area contributed by atoms with Gasteiger partial charge in [-0.3, -0.25) is 9.59 Å². The number of ether oxygens (including phenoxy) is 2. The highest BCUT2D eigenvalue weighted by molar-refractivity contribution is 8.00. The van der Waals surface area contributed by atoms with Crippen LogP contribution in [-0.4, -0.2) is 51.0 Å². The maximum atomic E-state index is 14.5. The predicted octanol–water partition coefficient (Wildman–Crippen LogP) is 5.67. The van der Waals surface area contributed by atoms with Crippen LogP contribution in [0.3, 0.4) is 0 Å². The lowest BCUT2D eigenvalue weighted by atomic mass is 9.46. The van der Waals surface area contributed by atoms with Gasteiger partial charge < -0.3 is 14.6 Å². The lowest BCUT2D eigenvalue weighted by Gasteiger charge is -2.60. The molecule has 3 saturated carbocycles. The molecule has 0 amide bonds. The van der Waals surface area contributed by atoms with Crippen molar-refractivity contribution < 1.29 is 24.2 Å². The number of allylic oxidation sites excluding steroid dienone is 4. The van der Waals surface area contributed by atoms with Crippen LogP contribution in [0.4, 0.5) is 0 Å². The molecule has 5 unspecified atom stereocenters. The molecule has 2 heterocycles. The molecule has 1 aliphatic heterocycles. The van der Waals surface area contributed by atoms with E-state index in [2.05, 4.69) is 24.9 Å². The third kappa shape index (κ3) is 3.57. The minimum absolute atomic E-state index is 0.0110. The van der Waals surface area contributed by atoms with E-state index in [0.29, 0.717) is 6.42 Å². The van der Waals surface area contributed by atoms with Crippen LogP contribution in [0.1, 0.15) is 53.4 Å². The Morgan fingerprint density at radius 2 is 1.98 bits per heavy atom. The zero-order valence-corrected chi connectivity index (χ0v) is 24.4. The number of thioether (sulfide) groups is 1. The van der Waals surface area contributed by atoms with E-state index < -0.39 is 22.9 Å². The molecule has 4 fully saturated rings. The van der Waals surface area contributed by atoms with Crippen LogP contribution in [0.15, 0.2) is 65.4 Å². The molecule has 6 nitrogen and oxygen atoms in total. The first-order valence-corrected chi connectivity index (χ1v) is 15.5. The van der Waals surface area contributed by atoms with Crippen molar-refractivity contribution in [1.29, 1.82) is 0 Å². The minimum Gasteiger partial charge on any atom is -0.393 e. The van der Waals surface area contributed by atoms with Gasteiger partial charge in [0.25, 0.3) is 0 Å². The van der Waals surface area contributed by atoms with Gasteiger partial charge in [-0.1, -0.05) is 61.5 Å². The second-order valence-corrected chi connectivity index (χ2v) is 14.3. The average molecular weight is 560 g/mol. The maximum absolute atomic E-state index is 14.5. The van der Waals surface area contributed by atoms with Crippen LogP contribution >= 0.6 is 11.8 Å². The Morgan fingerprint density at radius 3 is 2.80 bits per heavy atom. The Hall–Kier alpha value is -2.32. The number of aromatic nitrogens is 1. The quantitative estimate of drug-likeness (QED) is 0.483. The van der Waals surface area contributed by atoms with Crippen molar-refractivity contribution in [3.8, 4) is 0 Å². The van der Waals surface area contributed by atoms with Gasteiger partial charge in [0, 0.05) is 28.3 Å². The molecule has 0 radical (unpaired) electrons. The number of rotatable bonds is 4. The van der Waals surface area contributed by atoms with Crippen LogP contribution in [0.25, 0.3) is 10.8 Å². The Morgan fingerprint density at radius 1 is 1.18 bits per heavy atom. The molecule has 210 valence electrons. The Kier molecular flexibility index (Phi) is 5.87. The van der Waals surface area contributed by atoms with E-state index in [1.807, 2.05) is 44.2 Å². The van der Waals surface area contributed by atoms with Crippen LogP contribution in [0.5, 0.6) is 0 Å². The highest BCUT2D eigenvalue weighted by Gasteiger charge is 2.76. The molecule has 40 heavy (non-hydrogen) atoms. The van der Waals surface area contributed by atoms with Gasteiger partial charge in [-0.05, 0) is 75.0 Å². The first kappa shape index (κ1) is 26.6. The normalized spacial score (nSPS) is 41.2. The Labute approximate surface area is 239 Å². The van der Waals surface area contributed by atoms with Crippen molar-refractivity contribution in [3.63, 3.8) is 0 Å². The van der Waals surface area contributed by atoms with E-state index in [4.69, 9.17) is 9.47 Å². The average Bonchev–Trinajstić information content (AvgIpc) is 3.32. The van der Waals surface area contributed by atoms with Gasteiger partial charge >= 0.3 is 0 Å². The van der Waals surface area contributed by atoms with Crippen LogP contribution in [0, 0.1) is 28.6 Å². The number of ketones is 2. The summed E-state index contributed by atoms with van der Waals surface area (Å²) < 4.78 is 13.3. The first-order valence-electron chi connectivity index (χ1n) is 14.5. The van der Waals surface area contributed by atoms with Gasteiger partial charge in [-0.2, -0.15) is 0 Å². The number of fused-ring (bicyclic) bond motifs is 8. The van der Waals surface area contributed by atoms with Crippen molar-refractivity contribution in [3.05, 3.63) is 60.3 Å². The summed E-state index contributed by atoms with van der Waals surface area (Å²) in [6.07, 6.45) is 9.16. The highest BCUT2D eigenvalue weighted by atomic mass is 32.2. The van der Waals surface area contributed by atoms with Gasteiger partial charge in [-0.15, -0.1) is 0 Å². The number of benzene rings is 1. The number of Topliss-reactive ketones (excluding diaryl/α,β-unsaturated/α-hetero) is 1. The molecule has 0 bridgehead atoms. The third-order valence-corrected chi connectivity index (χ3v) is 11.9. The van der Waals surface area contributed by atoms with Crippen molar-refractivity contribution >= 4 is 34.1 Å². The van der Waals surface area contributed by atoms with Gasteiger partial charge in [0.15, 0.2) is 23.0 Å². The number of carbonyl (C=O) groups excluding carboxylic acids is 2. The summed E-state index contributed by atoms with van der Waals surface area (Å²) in [6.45, 7) is 8.12. The van der Waals surface area contributed by atoms with E-state index >= 15 is 0 Å². The number of hydrogen-bond donors (Lipinski definition) is 1.